The van der Waals surface area contributed by atoms with E-state index in [1.165, 1.54) is 74.0 Å². The van der Waals surface area contributed by atoms with Gasteiger partial charge in [0.1, 0.15) is 11.2 Å². The van der Waals surface area contributed by atoms with Crippen molar-refractivity contribution in [3.8, 4) is 90.2 Å². The van der Waals surface area contributed by atoms with E-state index in [2.05, 4.69) is 183 Å². The fourth-order valence-electron chi connectivity index (χ4n) is 12.9. The van der Waals surface area contributed by atoms with Crippen LogP contribution in [-0.2, 0) is 5.41 Å². The van der Waals surface area contributed by atoms with E-state index in [1.807, 2.05) is 48.5 Å². The monoisotopic (exact) mass is 971 g/mol. The van der Waals surface area contributed by atoms with Crippen LogP contribution < -0.4 is 0 Å². The molecule has 1 saturated carbocycles. The Morgan fingerprint density at radius 2 is 0.974 bits per heavy atom. The minimum Gasteiger partial charge on any atom is -0.456 e. The summed E-state index contributed by atoms with van der Waals surface area (Å²) in [6.07, 6.45) is 2.46. The Balaban J connectivity index is 0.919. The minimum absolute atomic E-state index is 0.584. The summed E-state index contributed by atoms with van der Waals surface area (Å²) < 4.78 is 6.38. The average molecular weight is 972 g/mol. The third kappa shape index (κ3) is 6.25. The van der Waals surface area contributed by atoms with Gasteiger partial charge in [-0.3, -0.25) is 0 Å². The lowest BCUT2D eigenvalue weighted by atomic mass is 9.70. The molecule has 1 atom stereocenters. The first-order valence-electron chi connectivity index (χ1n) is 26.3. The molecule has 13 aromatic rings. The van der Waals surface area contributed by atoms with Crippen molar-refractivity contribution in [1.82, 2.24) is 24.9 Å². The summed E-state index contributed by atoms with van der Waals surface area (Å²) in [7, 11) is 0. The van der Waals surface area contributed by atoms with Gasteiger partial charge in [0, 0.05) is 44.0 Å². The van der Waals surface area contributed by atoms with Gasteiger partial charge in [-0.05, 0) is 117 Å². The van der Waals surface area contributed by atoms with Crippen molar-refractivity contribution in [3.05, 3.63) is 258 Å². The van der Waals surface area contributed by atoms with Crippen LogP contribution in [0.1, 0.15) is 52.1 Å². The number of fused-ring (bicyclic) bond motifs is 14. The Morgan fingerprint density at radius 1 is 0.382 bits per heavy atom. The van der Waals surface area contributed by atoms with E-state index in [0.717, 1.165) is 71.9 Å². The molecule has 0 bridgehead atoms. The third-order valence-electron chi connectivity index (χ3n) is 16.3. The fourth-order valence-corrected chi connectivity index (χ4v) is 12.9. The molecule has 16 rings (SSSR count). The lowest BCUT2D eigenvalue weighted by molar-refractivity contribution is 0.669. The first-order chi connectivity index (χ1) is 37.6. The quantitative estimate of drug-likeness (QED) is 0.158. The van der Waals surface area contributed by atoms with Crippen LogP contribution >= 0.6 is 0 Å². The van der Waals surface area contributed by atoms with Crippen LogP contribution in [0.25, 0.3) is 123 Å². The van der Waals surface area contributed by atoms with E-state index in [4.69, 9.17) is 29.3 Å². The fraction of sp³-hybridized carbons (Fsp3) is 0.0714. The molecule has 1 unspecified atom stereocenters. The van der Waals surface area contributed by atoms with Crippen molar-refractivity contribution in [2.75, 3.05) is 0 Å². The molecule has 6 nitrogen and oxygen atoms in total. The van der Waals surface area contributed by atoms with Crippen LogP contribution in [0.3, 0.4) is 0 Å². The zero-order valence-corrected chi connectivity index (χ0v) is 41.5. The molecule has 3 aliphatic rings. The SMILES string of the molecule is Cc1cccc(-c2nc(-c3cccc4c3-c3ccccc3C43c4ccccc4-c4ccc(-c5nc(-c6ccccc6)nc(-c6cccc7oc8ccccc8c67)n5)cc43)nc3ccccc23)c1-c1ccccc1C1CC1. The lowest BCUT2D eigenvalue weighted by Crippen LogP contribution is -2.26. The van der Waals surface area contributed by atoms with Gasteiger partial charge in [0.05, 0.1) is 16.6 Å². The summed E-state index contributed by atoms with van der Waals surface area (Å²) in [5.74, 6) is 3.07. The number of aryl methyl sites for hydroxylation is 1. The Bertz CT molecular complexity index is 4570. The van der Waals surface area contributed by atoms with E-state index in [1.54, 1.807) is 0 Å². The van der Waals surface area contributed by atoms with Gasteiger partial charge in [-0.1, -0.05) is 200 Å². The van der Waals surface area contributed by atoms with Crippen LogP contribution in [0.2, 0.25) is 0 Å². The maximum absolute atomic E-state index is 6.38. The highest BCUT2D eigenvalue weighted by Crippen LogP contribution is 2.64. The molecule has 6 heteroatoms. The van der Waals surface area contributed by atoms with Crippen LogP contribution in [0, 0.1) is 6.92 Å². The number of hydrogen-bond donors (Lipinski definition) is 0. The topological polar surface area (TPSA) is 77.6 Å². The smallest absolute Gasteiger partial charge is 0.164 e. The van der Waals surface area contributed by atoms with Crippen molar-refractivity contribution in [1.29, 1.82) is 0 Å². The summed E-state index contributed by atoms with van der Waals surface area (Å²) >= 11 is 0. The zero-order chi connectivity index (χ0) is 50.1. The van der Waals surface area contributed by atoms with Crippen LogP contribution in [-0.4, -0.2) is 24.9 Å². The second kappa shape index (κ2) is 16.4. The number of furan rings is 1. The highest BCUT2D eigenvalue weighted by molar-refractivity contribution is 6.12. The van der Waals surface area contributed by atoms with E-state index >= 15 is 0 Å². The lowest BCUT2D eigenvalue weighted by Gasteiger charge is -2.30. The number of rotatable bonds is 7. The number of para-hydroxylation sites is 2. The van der Waals surface area contributed by atoms with E-state index in [0.29, 0.717) is 29.2 Å². The van der Waals surface area contributed by atoms with Gasteiger partial charge < -0.3 is 4.42 Å². The summed E-state index contributed by atoms with van der Waals surface area (Å²) in [4.78, 5) is 27.1. The summed E-state index contributed by atoms with van der Waals surface area (Å²) in [6, 6.07) is 80.1. The van der Waals surface area contributed by atoms with Crippen LogP contribution in [0.5, 0.6) is 0 Å². The number of hydrogen-bond acceptors (Lipinski definition) is 6. The average Bonchev–Trinajstić information content (AvgIpc) is 4.33. The predicted molar refractivity (Wildman–Crippen MR) is 306 cm³/mol. The van der Waals surface area contributed by atoms with Crippen molar-refractivity contribution in [2.24, 2.45) is 0 Å². The van der Waals surface area contributed by atoms with Crippen molar-refractivity contribution < 1.29 is 4.42 Å². The normalized spacial score (nSPS) is 15.1. The molecule has 0 amide bonds. The minimum atomic E-state index is -0.681. The van der Waals surface area contributed by atoms with Crippen molar-refractivity contribution >= 4 is 32.8 Å². The van der Waals surface area contributed by atoms with Gasteiger partial charge >= 0.3 is 0 Å². The molecule has 0 aliphatic heterocycles. The molecule has 356 valence electrons. The molecule has 10 aromatic carbocycles. The molecule has 3 aromatic heterocycles. The first-order valence-corrected chi connectivity index (χ1v) is 26.3. The van der Waals surface area contributed by atoms with Gasteiger partial charge in [0.15, 0.2) is 23.3 Å². The second-order valence-electron chi connectivity index (χ2n) is 20.6. The van der Waals surface area contributed by atoms with Gasteiger partial charge in [-0.2, -0.15) is 0 Å². The number of nitrogens with zero attached hydrogens (tertiary/aromatic N) is 5. The van der Waals surface area contributed by atoms with Gasteiger partial charge in [-0.25, -0.2) is 24.9 Å². The van der Waals surface area contributed by atoms with E-state index < -0.39 is 5.41 Å². The van der Waals surface area contributed by atoms with Crippen molar-refractivity contribution in [2.45, 2.75) is 31.1 Å². The molecule has 3 heterocycles. The molecular weight excluding hydrogens is 927 g/mol. The zero-order valence-electron chi connectivity index (χ0n) is 41.5. The highest BCUT2D eigenvalue weighted by atomic mass is 16.3. The van der Waals surface area contributed by atoms with E-state index in [9.17, 15) is 0 Å². The van der Waals surface area contributed by atoms with Gasteiger partial charge in [-0.15, -0.1) is 0 Å². The first kappa shape index (κ1) is 42.8. The second-order valence-corrected chi connectivity index (χ2v) is 20.6. The third-order valence-corrected chi connectivity index (χ3v) is 16.3. The van der Waals surface area contributed by atoms with E-state index in [-0.39, 0.29) is 0 Å². The predicted octanol–water partition coefficient (Wildman–Crippen LogP) is 17.2. The van der Waals surface area contributed by atoms with Crippen LogP contribution in [0.4, 0.5) is 0 Å². The van der Waals surface area contributed by atoms with Crippen molar-refractivity contribution in [3.63, 3.8) is 0 Å². The number of aromatic nitrogens is 5. The largest absolute Gasteiger partial charge is 0.456 e. The molecule has 0 N–H and O–H groups in total. The molecule has 0 radical (unpaired) electrons. The van der Waals surface area contributed by atoms with Crippen LogP contribution in [0.15, 0.2) is 229 Å². The molecule has 3 aliphatic carbocycles. The number of benzene rings is 10. The molecule has 1 spiro atoms. The van der Waals surface area contributed by atoms with Gasteiger partial charge in [0.25, 0.3) is 0 Å². The summed E-state index contributed by atoms with van der Waals surface area (Å²) in [6.45, 7) is 2.24. The molecular formula is C70H45N5O. The summed E-state index contributed by atoms with van der Waals surface area (Å²) in [5.41, 5.74) is 22.3. The van der Waals surface area contributed by atoms with Gasteiger partial charge in [0.2, 0.25) is 0 Å². The standard InChI is InChI=1S/C70H45N5O/c1-41-18-15-27-52(62(41)48-23-6-5-21-45(48)42-36-37-42)65-50-25-9-13-33-59(50)71-68(72-65)53-28-16-32-57-63(53)49-24-8-12-31-56(49)70(57)55-30-11-7-22-46(55)47-39-38-44(40-58(47)70)67-73-66(43-19-3-2-4-20-43)74-69(75-67)54-29-17-35-61-64(54)51-26-10-14-34-60(51)76-61/h2-35,38-40,42H,36-37H2,1H3. The highest BCUT2D eigenvalue weighted by Gasteiger charge is 2.52. The maximum atomic E-state index is 6.38. The maximum Gasteiger partial charge on any atom is 0.164 e. The Kier molecular flexibility index (Phi) is 9.25. The molecule has 1 fully saturated rings. The molecule has 76 heavy (non-hydrogen) atoms. The Morgan fingerprint density at radius 3 is 1.83 bits per heavy atom. The summed E-state index contributed by atoms with van der Waals surface area (Å²) in [5, 5.41) is 3.03. The Hall–Kier alpha value is -9.65. The molecule has 0 saturated heterocycles. The Labute approximate surface area is 439 Å².